The smallest absolute Gasteiger partial charge is 0.274 e. The molecule has 1 fully saturated rings. The Balaban J connectivity index is 1.34. The maximum atomic E-state index is 13.4. The Morgan fingerprint density at radius 2 is 1.96 bits per heavy atom. The van der Waals surface area contributed by atoms with Crippen molar-refractivity contribution in [3.63, 3.8) is 0 Å². The van der Waals surface area contributed by atoms with Crippen molar-refractivity contribution < 1.29 is 9.18 Å². The summed E-state index contributed by atoms with van der Waals surface area (Å²) in [5.74, 6) is -0.279. The predicted octanol–water partition coefficient (Wildman–Crippen LogP) is 3.30. The fourth-order valence-electron chi connectivity index (χ4n) is 3.16. The molecule has 7 heteroatoms. The highest BCUT2D eigenvalue weighted by atomic mass is 32.1. The van der Waals surface area contributed by atoms with E-state index < -0.39 is 0 Å². The van der Waals surface area contributed by atoms with Gasteiger partial charge in [-0.05, 0) is 29.8 Å². The van der Waals surface area contributed by atoms with Crippen molar-refractivity contribution in [2.24, 2.45) is 0 Å². The number of carbonyl (C=O) groups excluding carboxylic acids is 1. The van der Waals surface area contributed by atoms with E-state index in [1.807, 2.05) is 17.0 Å². The monoisotopic (exact) mass is 382 g/mol. The molecule has 4 rings (SSSR count). The summed E-state index contributed by atoms with van der Waals surface area (Å²) >= 11 is 1.69. The molecule has 1 aromatic carbocycles. The molecule has 1 aliphatic rings. The van der Waals surface area contributed by atoms with Gasteiger partial charge < -0.3 is 4.90 Å². The summed E-state index contributed by atoms with van der Waals surface area (Å²) in [5.41, 5.74) is 1.30. The molecule has 0 unspecified atom stereocenters. The minimum atomic E-state index is -0.216. The van der Waals surface area contributed by atoms with Gasteiger partial charge in [0, 0.05) is 54.9 Å². The van der Waals surface area contributed by atoms with E-state index in [1.54, 1.807) is 29.7 Å². The molecular formula is C20H19FN4OS. The Morgan fingerprint density at radius 3 is 2.70 bits per heavy atom. The first kappa shape index (κ1) is 17.8. The van der Waals surface area contributed by atoms with Crippen molar-refractivity contribution in [3.8, 4) is 10.4 Å². The van der Waals surface area contributed by atoms with Gasteiger partial charge in [-0.2, -0.15) is 0 Å². The third-order valence-corrected chi connectivity index (χ3v) is 5.71. The lowest BCUT2D eigenvalue weighted by atomic mass is 10.2. The van der Waals surface area contributed by atoms with Crippen molar-refractivity contribution in [3.05, 3.63) is 71.4 Å². The number of amides is 1. The molecule has 3 aromatic rings. The van der Waals surface area contributed by atoms with Crippen LogP contribution in [0.4, 0.5) is 4.39 Å². The van der Waals surface area contributed by atoms with Gasteiger partial charge in [-0.25, -0.2) is 9.37 Å². The summed E-state index contributed by atoms with van der Waals surface area (Å²) in [4.78, 5) is 26.9. The quantitative estimate of drug-likeness (QED) is 0.695. The fraction of sp³-hybridized carbons (Fsp3) is 0.250. The van der Waals surface area contributed by atoms with Gasteiger partial charge in [-0.1, -0.05) is 12.1 Å². The highest BCUT2D eigenvalue weighted by Crippen LogP contribution is 2.29. The number of benzene rings is 1. The highest BCUT2D eigenvalue weighted by Gasteiger charge is 2.23. The second kappa shape index (κ2) is 7.94. The van der Waals surface area contributed by atoms with E-state index in [0.29, 0.717) is 18.8 Å². The highest BCUT2D eigenvalue weighted by molar-refractivity contribution is 7.15. The molecule has 0 spiro atoms. The van der Waals surface area contributed by atoms with Crippen LogP contribution in [0.1, 0.15) is 15.4 Å². The maximum Gasteiger partial charge on any atom is 0.274 e. The average molecular weight is 382 g/mol. The van der Waals surface area contributed by atoms with Crippen molar-refractivity contribution in [2.75, 3.05) is 26.2 Å². The fourth-order valence-corrected chi connectivity index (χ4v) is 4.21. The van der Waals surface area contributed by atoms with Crippen LogP contribution in [0, 0.1) is 5.82 Å². The van der Waals surface area contributed by atoms with Crippen molar-refractivity contribution >= 4 is 17.2 Å². The molecule has 1 amide bonds. The van der Waals surface area contributed by atoms with Crippen LogP contribution in [-0.2, 0) is 6.54 Å². The zero-order chi connectivity index (χ0) is 18.6. The molecule has 1 aliphatic heterocycles. The summed E-state index contributed by atoms with van der Waals surface area (Å²) in [7, 11) is 0. The largest absolute Gasteiger partial charge is 0.335 e. The molecule has 0 N–H and O–H groups in total. The van der Waals surface area contributed by atoms with Crippen LogP contribution in [0.25, 0.3) is 10.4 Å². The SMILES string of the molecule is O=C(c1cnccn1)N1CCN(Cc2ccc(-c3cccc(F)c3)s2)CC1. The van der Waals surface area contributed by atoms with Crippen LogP contribution in [0.2, 0.25) is 0 Å². The van der Waals surface area contributed by atoms with Crippen molar-refractivity contribution in [1.82, 2.24) is 19.8 Å². The van der Waals surface area contributed by atoms with E-state index in [0.717, 1.165) is 30.1 Å². The number of hydrogen-bond donors (Lipinski definition) is 0. The van der Waals surface area contributed by atoms with E-state index in [1.165, 1.54) is 23.3 Å². The normalized spacial score (nSPS) is 15.1. The second-order valence-corrected chi connectivity index (χ2v) is 7.60. The Morgan fingerprint density at radius 1 is 1.11 bits per heavy atom. The predicted molar refractivity (Wildman–Crippen MR) is 103 cm³/mol. The number of nitrogens with zero attached hydrogens (tertiary/aromatic N) is 4. The molecule has 138 valence electrons. The van der Waals surface area contributed by atoms with Crippen LogP contribution in [0.3, 0.4) is 0 Å². The Bertz CT molecular complexity index is 922. The minimum absolute atomic E-state index is 0.0627. The molecular weight excluding hydrogens is 363 g/mol. The van der Waals surface area contributed by atoms with Gasteiger partial charge in [-0.3, -0.25) is 14.7 Å². The summed E-state index contributed by atoms with van der Waals surface area (Å²) in [6, 6.07) is 10.8. The molecule has 0 saturated carbocycles. The summed E-state index contributed by atoms with van der Waals surface area (Å²) in [6.45, 7) is 3.83. The third-order valence-electron chi connectivity index (χ3n) is 4.59. The van der Waals surface area contributed by atoms with Crippen molar-refractivity contribution in [1.29, 1.82) is 0 Å². The number of carbonyl (C=O) groups is 1. The topological polar surface area (TPSA) is 49.3 Å². The zero-order valence-corrected chi connectivity index (χ0v) is 15.5. The molecule has 0 aliphatic carbocycles. The number of aromatic nitrogens is 2. The first-order valence-electron chi connectivity index (χ1n) is 8.81. The number of rotatable bonds is 4. The van der Waals surface area contributed by atoms with Crippen LogP contribution < -0.4 is 0 Å². The van der Waals surface area contributed by atoms with Crippen molar-refractivity contribution in [2.45, 2.75) is 6.54 Å². The first-order chi connectivity index (χ1) is 13.2. The number of hydrogen-bond acceptors (Lipinski definition) is 5. The van der Waals surface area contributed by atoms with E-state index in [2.05, 4.69) is 20.9 Å². The molecule has 3 heterocycles. The summed E-state index contributed by atoms with van der Waals surface area (Å²) in [6.07, 6.45) is 4.61. The summed E-state index contributed by atoms with van der Waals surface area (Å²) in [5, 5.41) is 0. The van der Waals surface area contributed by atoms with Gasteiger partial charge >= 0.3 is 0 Å². The first-order valence-corrected chi connectivity index (χ1v) is 9.63. The van der Waals surface area contributed by atoms with Crippen LogP contribution >= 0.6 is 11.3 Å². The van der Waals surface area contributed by atoms with E-state index in [4.69, 9.17) is 0 Å². The average Bonchev–Trinajstić information content (AvgIpc) is 3.17. The van der Waals surface area contributed by atoms with Gasteiger partial charge in [0.25, 0.3) is 5.91 Å². The molecule has 27 heavy (non-hydrogen) atoms. The van der Waals surface area contributed by atoms with E-state index in [9.17, 15) is 9.18 Å². The van der Waals surface area contributed by atoms with Gasteiger partial charge in [0.05, 0.1) is 6.20 Å². The van der Waals surface area contributed by atoms with Crippen LogP contribution in [-0.4, -0.2) is 51.9 Å². The molecule has 2 aromatic heterocycles. The molecule has 0 radical (unpaired) electrons. The number of piperazine rings is 1. The van der Waals surface area contributed by atoms with Gasteiger partial charge in [0.15, 0.2) is 0 Å². The molecule has 0 atom stereocenters. The van der Waals surface area contributed by atoms with E-state index in [-0.39, 0.29) is 11.7 Å². The minimum Gasteiger partial charge on any atom is -0.335 e. The molecule has 0 bridgehead atoms. The second-order valence-electron chi connectivity index (χ2n) is 6.44. The zero-order valence-electron chi connectivity index (χ0n) is 14.7. The Labute approximate surface area is 161 Å². The maximum absolute atomic E-state index is 13.4. The lowest BCUT2D eigenvalue weighted by Crippen LogP contribution is -2.48. The van der Waals surface area contributed by atoms with E-state index >= 15 is 0 Å². The lowest BCUT2D eigenvalue weighted by molar-refractivity contribution is 0.0623. The number of halogens is 1. The third kappa shape index (κ3) is 4.20. The Kier molecular flexibility index (Phi) is 5.22. The standard InChI is InChI=1S/C20H19FN4OS/c21-16-3-1-2-15(12-16)19-5-4-17(27-19)14-24-8-10-25(11-9-24)20(26)18-13-22-6-7-23-18/h1-7,12-13H,8-11,14H2. The number of thiophene rings is 1. The van der Waals surface area contributed by atoms with Crippen LogP contribution in [0.15, 0.2) is 55.0 Å². The summed E-state index contributed by atoms with van der Waals surface area (Å²) < 4.78 is 13.4. The Hall–Kier alpha value is -2.64. The molecule has 5 nitrogen and oxygen atoms in total. The van der Waals surface area contributed by atoms with Gasteiger partial charge in [0.1, 0.15) is 11.5 Å². The van der Waals surface area contributed by atoms with Gasteiger partial charge in [0.2, 0.25) is 0 Å². The molecule has 1 saturated heterocycles. The van der Waals surface area contributed by atoms with Gasteiger partial charge in [-0.15, -0.1) is 11.3 Å². The van der Waals surface area contributed by atoms with Crippen LogP contribution in [0.5, 0.6) is 0 Å². The lowest BCUT2D eigenvalue weighted by Gasteiger charge is -2.34.